The van der Waals surface area contributed by atoms with Gasteiger partial charge in [-0.15, -0.1) is 0 Å². The highest BCUT2D eigenvalue weighted by atomic mass is 16.5. The smallest absolute Gasteiger partial charge is 0.328 e. The molecule has 0 unspecified atom stereocenters. The Morgan fingerprint density at radius 3 is 2.58 bits per heavy atom. The van der Waals surface area contributed by atoms with E-state index in [1.807, 2.05) is 30.5 Å². The molecule has 4 heterocycles. The molecule has 164 valence electrons. The van der Waals surface area contributed by atoms with Crippen LogP contribution in [0.4, 0.5) is 4.79 Å². The number of rotatable bonds is 8. The first-order valence-electron chi connectivity index (χ1n) is 10.8. The lowest BCUT2D eigenvalue weighted by Crippen LogP contribution is -2.56. The zero-order valence-corrected chi connectivity index (χ0v) is 17.9. The molecule has 4 rings (SSSR count). The summed E-state index contributed by atoms with van der Waals surface area (Å²) in [6.45, 7) is 3.59. The number of ether oxygens (including phenoxy) is 1. The number of imide groups is 1. The van der Waals surface area contributed by atoms with Crippen molar-refractivity contribution in [1.82, 2.24) is 24.7 Å². The van der Waals surface area contributed by atoms with Gasteiger partial charge in [-0.1, -0.05) is 12.1 Å². The minimum atomic E-state index is -0.773. The Morgan fingerprint density at radius 1 is 1.06 bits per heavy atom. The van der Waals surface area contributed by atoms with Crippen LogP contribution in [0.15, 0.2) is 48.9 Å². The predicted octanol–water partition coefficient (Wildman–Crippen LogP) is 2.31. The number of pyridine rings is 2. The Morgan fingerprint density at radius 2 is 1.90 bits per heavy atom. The van der Waals surface area contributed by atoms with E-state index in [0.717, 1.165) is 25.2 Å². The summed E-state index contributed by atoms with van der Waals surface area (Å²) < 4.78 is 5.18. The largest absolute Gasteiger partial charge is 0.385 e. The monoisotopic (exact) mass is 423 g/mol. The van der Waals surface area contributed by atoms with Gasteiger partial charge in [0.15, 0.2) is 0 Å². The van der Waals surface area contributed by atoms with Crippen LogP contribution in [-0.2, 0) is 22.6 Å². The van der Waals surface area contributed by atoms with E-state index in [-0.39, 0.29) is 18.5 Å². The van der Waals surface area contributed by atoms with E-state index in [2.05, 4.69) is 20.9 Å². The number of piperidine rings is 1. The van der Waals surface area contributed by atoms with Crippen molar-refractivity contribution >= 4 is 11.9 Å². The normalized spacial score (nSPS) is 18.9. The molecule has 2 saturated heterocycles. The van der Waals surface area contributed by atoms with Crippen LogP contribution in [0.2, 0.25) is 0 Å². The molecule has 2 aliphatic heterocycles. The Bertz CT molecular complexity index is 885. The molecular weight excluding hydrogens is 394 g/mol. The third-order valence-corrected chi connectivity index (χ3v) is 6.21. The van der Waals surface area contributed by atoms with Crippen molar-refractivity contribution in [3.63, 3.8) is 0 Å². The zero-order valence-electron chi connectivity index (χ0n) is 17.9. The second kappa shape index (κ2) is 9.53. The minimum absolute atomic E-state index is 0.0957. The standard InChI is InChI=1S/C23H29N5O3/c1-31-15-5-12-28-22(30)27(18-20-7-2-3-11-25-20)21(29)23(28)8-13-26(14-9-23)17-19-6-4-10-24-16-19/h2-4,6-7,10-11,16H,5,8-9,12-15,17-18H2,1H3. The topological polar surface area (TPSA) is 78.9 Å². The van der Waals surface area contributed by atoms with Crippen LogP contribution in [0.3, 0.4) is 0 Å². The molecule has 2 aromatic heterocycles. The molecule has 0 atom stereocenters. The lowest BCUT2D eigenvalue weighted by molar-refractivity contribution is -0.136. The molecular formula is C23H29N5O3. The number of likely N-dealkylation sites (tertiary alicyclic amines) is 1. The highest BCUT2D eigenvalue weighted by molar-refractivity contribution is 6.07. The van der Waals surface area contributed by atoms with Gasteiger partial charge in [0.25, 0.3) is 5.91 Å². The van der Waals surface area contributed by atoms with Gasteiger partial charge < -0.3 is 9.64 Å². The minimum Gasteiger partial charge on any atom is -0.385 e. The molecule has 31 heavy (non-hydrogen) atoms. The number of hydrogen-bond acceptors (Lipinski definition) is 6. The number of aromatic nitrogens is 2. The van der Waals surface area contributed by atoms with Crippen molar-refractivity contribution in [2.45, 2.75) is 37.9 Å². The average molecular weight is 424 g/mol. The predicted molar refractivity (Wildman–Crippen MR) is 115 cm³/mol. The Balaban J connectivity index is 1.50. The molecule has 0 aliphatic carbocycles. The fourth-order valence-corrected chi connectivity index (χ4v) is 4.57. The third-order valence-electron chi connectivity index (χ3n) is 6.21. The molecule has 1 spiro atoms. The van der Waals surface area contributed by atoms with Crippen molar-refractivity contribution in [3.8, 4) is 0 Å². The summed E-state index contributed by atoms with van der Waals surface area (Å²) >= 11 is 0. The van der Waals surface area contributed by atoms with Crippen LogP contribution >= 0.6 is 0 Å². The summed E-state index contributed by atoms with van der Waals surface area (Å²) in [5.41, 5.74) is 1.10. The molecule has 8 heteroatoms. The molecule has 0 saturated carbocycles. The molecule has 0 aromatic carbocycles. The summed E-state index contributed by atoms with van der Waals surface area (Å²) in [4.78, 5) is 40.9. The lowest BCUT2D eigenvalue weighted by atomic mass is 9.85. The maximum Gasteiger partial charge on any atom is 0.328 e. The SMILES string of the molecule is COCCCN1C(=O)N(Cc2ccccn2)C(=O)C12CCN(Cc1cccnc1)CC2. The molecule has 0 bridgehead atoms. The van der Waals surface area contributed by atoms with Gasteiger partial charge in [0.1, 0.15) is 5.54 Å². The van der Waals surface area contributed by atoms with Gasteiger partial charge in [-0.05, 0) is 43.0 Å². The first-order valence-corrected chi connectivity index (χ1v) is 10.8. The molecule has 2 fully saturated rings. The van der Waals surface area contributed by atoms with E-state index in [4.69, 9.17) is 4.74 Å². The van der Waals surface area contributed by atoms with E-state index in [0.29, 0.717) is 38.1 Å². The van der Waals surface area contributed by atoms with Gasteiger partial charge in [-0.25, -0.2) is 4.79 Å². The quantitative estimate of drug-likeness (QED) is 0.479. The zero-order chi connectivity index (χ0) is 21.7. The van der Waals surface area contributed by atoms with Crippen LogP contribution in [0, 0.1) is 0 Å². The maximum absolute atomic E-state index is 13.6. The maximum atomic E-state index is 13.6. The number of methoxy groups -OCH3 is 1. The van der Waals surface area contributed by atoms with Gasteiger partial charge in [0.05, 0.1) is 12.2 Å². The van der Waals surface area contributed by atoms with E-state index in [1.165, 1.54) is 4.90 Å². The van der Waals surface area contributed by atoms with Crippen molar-refractivity contribution in [2.75, 3.05) is 33.4 Å². The highest BCUT2D eigenvalue weighted by Crippen LogP contribution is 2.38. The van der Waals surface area contributed by atoms with Crippen molar-refractivity contribution in [3.05, 3.63) is 60.2 Å². The molecule has 3 amide bonds. The molecule has 2 aromatic rings. The second-order valence-corrected chi connectivity index (χ2v) is 8.16. The van der Waals surface area contributed by atoms with Crippen LogP contribution in [0.5, 0.6) is 0 Å². The Labute approximate surface area is 182 Å². The average Bonchev–Trinajstić information content (AvgIpc) is 2.99. The van der Waals surface area contributed by atoms with Crippen LogP contribution < -0.4 is 0 Å². The number of hydrogen-bond donors (Lipinski definition) is 0. The summed E-state index contributed by atoms with van der Waals surface area (Å²) in [6.07, 6.45) is 7.29. The van der Waals surface area contributed by atoms with Crippen LogP contribution in [0.1, 0.15) is 30.5 Å². The van der Waals surface area contributed by atoms with Crippen molar-refractivity contribution in [1.29, 1.82) is 0 Å². The van der Waals surface area contributed by atoms with Gasteiger partial charge in [-0.2, -0.15) is 0 Å². The van der Waals surface area contributed by atoms with Crippen molar-refractivity contribution < 1.29 is 14.3 Å². The Hall–Kier alpha value is -2.84. The van der Waals surface area contributed by atoms with Crippen molar-refractivity contribution in [2.24, 2.45) is 0 Å². The van der Waals surface area contributed by atoms with Gasteiger partial charge in [-0.3, -0.25) is 24.6 Å². The van der Waals surface area contributed by atoms with E-state index in [9.17, 15) is 9.59 Å². The summed E-state index contributed by atoms with van der Waals surface area (Å²) in [7, 11) is 1.65. The van der Waals surface area contributed by atoms with Crippen LogP contribution in [0.25, 0.3) is 0 Å². The van der Waals surface area contributed by atoms with E-state index < -0.39 is 5.54 Å². The van der Waals surface area contributed by atoms with Gasteiger partial charge in [0.2, 0.25) is 0 Å². The fraction of sp³-hybridized carbons (Fsp3) is 0.478. The first-order chi connectivity index (χ1) is 15.1. The fourth-order valence-electron chi connectivity index (χ4n) is 4.57. The summed E-state index contributed by atoms with van der Waals surface area (Å²) in [6, 6.07) is 9.33. The van der Waals surface area contributed by atoms with E-state index >= 15 is 0 Å². The second-order valence-electron chi connectivity index (χ2n) is 8.16. The molecule has 0 N–H and O–H groups in total. The summed E-state index contributed by atoms with van der Waals surface area (Å²) in [5.74, 6) is -0.0957. The number of carbonyl (C=O) groups is 2. The van der Waals surface area contributed by atoms with Crippen LogP contribution in [-0.4, -0.2) is 75.5 Å². The highest BCUT2D eigenvalue weighted by Gasteiger charge is 2.57. The first kappa shape index (κ1) is 21.4. The molecule has 0 radical (unpaired) electrons. The Kier molecular flexibility index (Phi) is 6.58. The summed E-state index contributed by atoms with van der Waals surface area (Å²) in [5, 5.41) is 0. The van der Waals surface area contributed by atoms with E-state index in [1.54, 1.807) is 24.4 Å². The van der Waals surface area contributed by atoms with Gasteiger partial charge >= 0.3 is 6.03 Å². The molecule has 8 nitrogen and oxygen atoms in total. The van der Waals surface area contributed by atoms with Gasteiger partial charge in [0, 0.05) is 58.5 Å². The number of amides is 3. The molecule has 2 aliphatic rings. The number of urea groups is 1. The third kappa shape index (κ3) is 4.45. The number of carbonyl (C=O) groups excluding carboxylic acids is 2. The lowest BCUT2D eigenvalue weighted by Gasteiger charge is -2.42. The number of nitrogens with zero attached hydrogens (tertiary/aromatic N) is 5.